The summed E-state index contributed by atoms with van der Waals surface area (Å²) in [6.45, 7) is 4.78. The monoisotopic (exact) mass is 619 g/mol. The van der Waals surface area contributed by atoms with E-state index in [1.54, 1.807) is 0 Å². The minimum atomic E-state index is -3.72. The Balaban J connectivity index is 1.48. The molecule has 10 nitrogen and oxygen atoms in total. The van der Waals surface area contributed by atoms with E-state index in [1.807, 2.05) is 24.3 Å². The highest BCUT2D eigenvalue weighted by Crippen LogP contribution is 2.40. The lowest BCUT2D eigenvalue weighted by Crippen LogP contribution is -2.42. The smallest absolute Gasteiger partial charge is 0.295 e. The van der Waals surface area contributed by atoms with Gasteiger partial charge in [0.2, 0.25) is 10.0 Å². The number of halogens is 1. The van der Waals surface area contributed by atoms with E-state index in [-0.39, 0.29) is 34.9 Å². The summed E-state index contributed by atoms with van der Waals surface area (Å²) in [6, 6.07) is 12.2. The molecule has 0 aromatic heterocycles. The molecule has 0 radical (unpaired) electrons. The summed E-state index contributed by atoms with van der Waals surface area (Å²) < 4.78 is 38.8. The van der Waals surface area contributed by atoms with E-state index in [9.17, 15) is 23.1 Å². The molecule has 0 bridgehead atoms. The van der Waals surface area contributed by atoms with Crippen LogP contribution in [0.3, 0.4) is 0 Å². The van der Waals surface area contributed by atoms with Gasteiger partial charge in [0.15, 0.2) is 0 Å². The molecular formula is C27H30BrN3O7S. The van der Waals surface area contributed by atoms with Gasteiger partial charge in [0.25, 0.3) is 11.7 Å². The zero-order valence-corrected chi connectivity index (χ0v) is 23.7. The quantitative estimate of drug-likeness (QED) is 0.285. The maximum absolute atomic E-state index is 13.3. The number of rotatable bonds is 7. The summed E-state index contributed by atoms with van der Waals surface area (Å²) in [6.07, 6.45) is 0. The third-order valence-electron chi connectivity index (χ3n) is 7.20. The number of aliphatic hydroxyl groups excluding tert-OH is 1. The molecule has 3 saturated heterocycles. The van der Waals surface area contributed by atoms with E-state index >= 15 is 0 Å². The van der Waals surface area contributed by atoms with E-state index in [4.69, 9.17) is 9.47 Å². The molecule has 5 rings (SSSR count). The number of likely N-dealkylation sites (tertiary alicyclic amines) is 1. The largest absolute Gasteiger partial charge is 0.507 e. The van der Waals surface area contributed by atoms with Gasteiger partial charge in [-0.2, -0.15) is 4.31 Å². The maximum atomic E-state index is 13.3. The highest BCUT2D eigenvalue weighted by Gasteiger charge is 2.46. The van der Waals surface area contributed by atoms with Crippen LogP contribution in [0.1, 0.15) is 17.2 Å². The fraction of sp³-hybridized carbons (Fsp3) is 0.407. The first kappa shape index (κ1) is 27.9. The van der Waals surface area contributed by atoms with Gasteiger partial charge in [0, 0.05) is 49.3 Å². The van der Waals surface area contributed by atoms with E-state index in [1.165, 1.54) is 33.5 Å². The maximum Gasteiger partial charge on any atom is 0.295 e. The Kier molecular flexibility index (Phi) is 8.50. The summed E-state index contributed by atoms with van der Waals surface area (Å²) >= 11 is 3.46. The van der Waals surface area contributed by atoms with Gasteiger partial charge >= 0.3 is 0 Å². The molecule has 1 amide bonds. The van der Waals surface area contributed by atoms with Gasteiger partial charge < -0.3 is 19.5 Å². The molecule has 0 spiro atoms. The fourth-order valence-corrected chi connectivity index (χ4v) is 6.91. The van der Waals surface area contributed by atoms with Crippen LogP contribution in [-0.2, 0) is 29.1 Å². The third kappa shape index (κ3) is 5.81. The Bertz CT molecular complexity index is 1370. The second-order valence-electron chi connectivity index (χ2n) is 9.54. The summed E-state index contributed by atoms with van der Waals surface area (Å²) in [5.41, 5.74) is 0.907. The Morgan fingerprint density at radius 1 is 0.923 bits per heavy atom. The number of nitrogens with zero attached hydrogens (tertiary/aromatic N) is 3. The van der Waals surface area contributed by atoms with Crippen LogP contribution in [0.2, 0.25) is 0 Å². The zero-order valence-electron chi connectivity index (χ0n) is 21.3. The molecule has 3 heterocycles. The fourth-order valence-electron chi connectivity index (χ4n) is 5.08. The number of ketones is 1. The first-order chi connectivity index (χ1) is 18.8. The average Bonchev–Trinajstić information content (AvgIpc) is 3.22. The predicted molar refractivity (Wildman–Crippen MR) is 146 cm³/mol. The molecule has 2 aromatic carbocycles. The van der Waals surface area contributed by atoms with Crippen molar-refractivity contribution in [1.82, 2.24) is 14.1 Å². The Morgan fingerprint density at radius 2 is 1.56 bits per heavy atom. The van der Waals surface area contributed by atoms with E-state index in [0.29, 0.717) is 45.1 Å². The Labute approximate surface area is 236 Å². The molecular weight excluding hydrogens is 590 g/mol. The van der Waals surface area contributed by atoms with Crippen molar-refractivity contribution in [3.8, 4) is 0 Å². The average molecular weight is 621 g/mol. The molecule has 1 unspecified atom stereocenters. The lowest BCUT2D eigenvalue weighted by atomic mass is 9.95. The number of hydrogen-bond donors (Lipinski definition) is 1. The minimum absolute atomic E-state index is 0.0242. The molecule has 2 aromatic rings. The number of amides is 1. The third-order valence-corrected chi connectivity index (χ3v) is 9.61. The molecule has 208 valence electrons. The first-order valence-electron chi connectivity index (χ1n) is 12.8. The predicted octanol–water partition coefficient (Wildman–Crippen LogP) is 2.22. The van der Waals surface area contributed by atoms with E-state index in [0.717, 1.165) is 17.6 Å². The van der Waals surface area contributed by atoms with E-state index < -0.39 is 27.8 Å². The lowest BCUT2D eigenvalue weighted by molar-refractivity contribution is -0.140. The van der Waals surface area contributed by atoms with E-state index in [2.05, 4.69) is 20.8 Å². The highest BCUT2D eigenvalue weighted by molar-refractivity contribution is 9.10. The van der Waals surface area contributed by atoms with Gasteiger partial charge in [-0.05, 0) is 42.0 Å². The van der Waals surface area contributed by atoms with Crippen molar-refractivity contribution < 1.29 is 32.6 Å². The zero-order chi connectivity index (χ0) is 27.6. The van der Waals surface area contributed by atoms with Crippen LogP contribution in [0.15, 0.2) is 63.5 Å². The second-order valence-corrected chi connectivity index (χ2v) is 12.4. The number of carbonyl (C=O) groups excluding carboxylic acids is 2. The normalized spacial score (nSPS) is 22.9. The van der Waals surface area contributed by atoms with Crippen LogP contribution in [-0.4, -0.2) is 105 Å². The number of sulfonamides is 1. The molecule has 1 atom stereocenters. The number of carbonyl (C=O) groups is 2. The Hall–Kier alpha value is -2.61. The standard InChI is InChI=1S/C27H30BrN3O7S/c28-21-3-1-2-20(18-21)24-23(26(33)27(34)31(24)9-8-29-10-14-37-15-11-29)25(32)19-4-6-22(7-5-19)39(35,36)30-12-16-38-17-13-30/h1-7,18,24,32H,8-17H2/b25-23-. The van der Waals surface area contributed by atoms with Crippen molar-refractivity contribution in [2.24, 2.45) is 0 Å². The topological polar surface area (TPSA) is 117 Å². The summed E-state index contributed by atoms with van der Waals surface area (Å²) in [7, 11) is -3.72. The van der Waals surface area contributed by atoms with Gasteiger partial charge in [-0.15, -0.1) is 0 Å². The number of ether oxygens (including phenoxy) is 2. The van der Waals surface area contributed by atoms with Crippen LogP contribution in [0.5, 0.6) is 0 Å². The number of benzene rings is 2. The van der Waals surface area contributed by atoms with Crippen molar-refractivity contribution in [3.05, 3.63) is 69.7 Å². The number of aliphatic hydroxyl groups is 1. The van der Waals surface area contributed by atoms with Crippen molar-refractivity contribution in [3.63, 3.8) is 0 Å². The Morgan fingerprint density at radius 3 is 2.21 bits per heavy atom. The molecule has 3 aliphatic heterocycles. The van der Waals surface area contributed by atoms with Gasteiger partial charge in [-0.1, -0.05) is 28.1 Å². The van der Waals surface area contributed by atoms with Crippen molar-refractivity contribution >= 4 is 43.4 Å². The lowest BCUT2D eigenvalue weighted by Gasteiger charge is -2.31. The molecule has 0 saturated carbocycles. The molecule has 3 aliphatic rings. The van der Waals surface area contributed by atoms with Gasteiger partial charge in [0.05, 0.1) is 42.9 Å². The van der Waals surface area contributed by atoms with Gasteiger partial charge in [-0.3, -0.25) is 14.5 Å². The van der Waals surface area contributed by atoms with Crippen LogP contribution in [0, 0.1) is 0 Å². The van der Waals surface area contributed by atoms with Crippen molar-refractivity contribution in [2.45, 2.75) is 10.9 Å². The van der Waals surface area contributed by atoms with Crippen molar-refractivity contribution in [2.75, 3.05) is 65.7 Å². The van der Waals surface area contributed by atoms with Crippen molar-refractivity contribution in [1.29, 1.82) is 0 Å². The number of Topliss-reactive ketones (excluding diaryl/α,β-unsaturated/α-hetero) is 1. The van der Waals surface area contributed by atoms with Crippen LogP contribution in [0.25, 0.3) is 5.76 Å². The van der Waals surface area contributed by atoms with Gasteiger partial charge in [-0.25, -0.2) is 8.42 Å². The minimum Gasteiger partial charge on any atom is -0.507 e. The molecule has 1 N–H and O–H groups in total. The number of hydrogen-bond acceptors (Lipinski definition) is 8. The molecule has 3 fully saturated rings. The summed E-state index contributed by atoms with van der Waals surface area (Å²) in [5.74, 6) is -1.80. The molecule has 39 heavy (non-hydrogen) atoms. The summed E-state index contributed by atoms with van der Waals surface area (Å²) in [5, 5.41) is 11.4. The van der Waals surface area contributed by atoms with Crippen LogP contribution < -0.4 is 0 Å². The molecule has 0 aliphatic carbocycles. The highest BCUT2D eigenvalue weighted by atomic mass is 79.9. The van der Waals surface area contributed by atoms with Crippen LogP contribution >= 0.6 is 15.9 Å². The second kappa shape index (κ2) is 11.9. The SMILES string of the molecule is O=C1C(=O)N(CCN2CCOCC2)C(c2cccc(Br)c2)/C1=C(/O)c1ccc(S(=O)(=O)N2CCOCC2)cc1. The first-order valence-corrected chi connectivity index (χ1v) is 15.0. The van der Waals surface area contributed by atoms with Gasteiger partial charge in [0.1, 0.15) is 5.76 Å². The number of morpholine rings is 2. The summed E-state index contributed by atoms with van der Waals surface area (Å²) in [4.78, 5) is 30.3. The van der Waals surface area contributed by atoms with Crippen LogP contribution in [0.4, 0.5) is 0 Å². The molecule has 12 heteroatoms.